The van der Waals surface area contributed by atoms with Crippen molar-refractivity contribution < 1.29 is 22.6 Å². The van der Waals surface area contributed by atoms with Crippen LogP contribution in [0.25, 0.3) is 0 Å². The number of hydrogen-bond acceptors (Lipinski definition) is 3. The van der Waals surface area contributed by atoms with Crippen LogP contribution in [0.3, 0.4) is 0 Å². The summed E-state index contributed by atoms with van der Waals surface area (Å²) in [5, 5.41) is 0. The minimum absolute atomic E-state index is 0.0155. The van der Waals surface area contributed by atoms with Crippen LogP contribution in [0.4, 0.5) is 13.2 Å². The van der Waals surface area contributed by atoms with Gasteiger partial charge in [0.15, 0.2) is 11.5 Å². The fraction of sp³-hybridized carbons (Fsp3) is 0.455. The highest BCUT2D eigenvalue weighted by Crippen LogP contribution is 2.39. The molecule has 1 aliphatic heterocycles. The summed E-state index contributed by atoms with van der Waals surface area (Å²) in [5.41, 5.74) is 4.58. The zero-order valence-electron chi connectivity index (χ0n) is 9.01. The van der Waals surface area contributed by atoms with Gasteiger partial charge in [-0.15, -0.1) is 0 Å². The Morgan fingerprint density at radius 1 is 1.12 bits per heavy atom. The van der Waals surface area contributed by atoms with Gasteiger partial charge in [0.1, 0.15) is 0 Å². The van der Waals surface area contributed by atoms with Crippen molar-refractivity contribution in [3.63, 3.8) is 0 Å². The summed E-state index contributed by atoms with van der Waals surface area (Å²) >= 11 is 0. The molecule has 0 bridgehead atoms. The maximum absolute atomic E-state index is 12.8. The molecule has 0 saturated heterocycles. The molecule has 1 aromatic rings. The van der Waals surface area contributed by atoms with Crippen molar-refractivity contribution in [3.05, 3.63) is 23.3 Å². The Kier molecular flexibility index (Phi) is 3.15. The Bertz CT molecular complexity index is 418. The predicted molar refractivity (Wildman–Crippen MR) is 54.9 cm³/mol. The van der Waals surface area contributed by atoms with Crippen LogP contribution in [0, 0.1) is 0 Å². The van der Waals surface area contributed by atoms with E-state index in [0.717, 1.165) is 6.07 Å². The number of alkyl halides is 3. The van der Waals surface area contributed by atoms with Gasteiger partial charge in [0.25, 0.3) is 0 Å². The molecule has 1 aliphatic rings. The Balaban J connectivity index is 2.50. The lowest BCUT2D eigenvalue weighted by atomic mass is 10.1. The Labute approximate surface area is 96.3 Å². The second-order valence-electron chi connectivity index (χ2n) is 3.71. The third-order valence-corrected chi connectivity index (χ3v) is 2.50. The molecule has 3 nitrogen and oxygen atoms in total. The first-order chi connectivity index (χ1) is 8.02. The minimum atomic E-state index is -4.43. The minimum Gasteiger partial charge on any atom is -0.490 e. The predicted octanol–water partition coefficient (Wildman–Crippen LogP) is 2.33. The van der Waals surface area contributed by atoms with Gasteiger partial charge in [0.2, 0.25) is 0 Å². The standard InChI is InChI=1S/C11H12F3NO2/c12-11(13,14)8-5-10-9(4-7(8)6-15)16-2-1-3-17-10/h4-5H,1-3,6,15H2. The van der Waals surface area contributed by atoms with E-state index in [1.165, 1.54) is 6.07 Å². The van der Waals surface area contributed by atoms with Crippen LogP contribution in [-0.2, 0) is 12.7 Å². The fourth-order valence-electron chi connectivity index (χ4n) is 1.68. The molecule has 94 valence electrons. The van der Waals surface area contributed by atoms with Crippen molar-refractivity contribution in [2.24, 2.45) is 5.73 Å². The van der Waals surface area contributed by atoms with Crippen LogP contribution >= 0.6 is 0 Å². The van der Waals surface area contributed by atoms with Gasteiger partial charge in [-0.05, 0) is 17.7 Å². The number of rotatable bonds is 1. The molecular weight excluding hydrogens is 235 g/mol. The smallest absolute Gasteiger partial charge is 0.416 e. The van der Waals surface area contributed by atoms with Gasteiger partial charge in [-0.25, -0.2) is 0 Å². The quantitative estimate of drug-likeness (QED) is 0.828. The van der Waals surface area contributed by atoms with E-state index in [9.17, 15) is 13.2 Å². The molecule has 6 heteroatoms. The van der Waals surface area contributed by atoms with E-state index < -0.39 is 11.7 Å². The van der Waals surface area contributed by atoms with E-state index in [4.69, 9.17) is 15.2 Å². The molecule has 0 aliphatic carbocycles. The average molecular weight is 247 g/mol. The van der Waals surface area contributed by atoms with Crippen molar-refractivity contribution >= 4 is 0 Å². The largest absolute Gasteiger partial charge is 0.490 e. The van der Waals surface area contributed by atoms with Gasteiger partial charge in [-0.2, -0.15) is 13.2 Å². The topological polar surface area (TPSA) is 44.5 Å². The third-order valence-electron chi connectivity index (χ3n) is 2.50. The maximum Gasteiger partial charge on any atom is 0.416 e. The monoisotopic (exact) mass is 247 g/mol. The maximum atomic E-state index is 12.8. The van der Waals surface area contributed by atoms with E-state index in [-0.39, 0.29) is 17.9 Å². The van der Waals surface area contributed by atoms with Crippen LogP contribution in [-0.4, -0.2) is 13.2 Å². The van der Waals surface area contributed by atoms with Crippen molar-refractivity contribution in [2.75, 3.05) is 13.2 Å². The summed E-state index contributed by atoms with van der Waals surface area (Å²) in [4.78, 5) is 0. The lowest BCUT2D eigenvalue weighted by molar-refractivity contribution is -0.138. The molecule has 0 aromatic heterocycles. The zero-order chi connectivity index (χ0) is 12.5. The van der Waals surface area contributed by atoms with Crippen LogP contribution in [0.15, 0.2) is 12.1 Å². The summed E-state index contributed by atoms with van der Waals surface area (Å²) in [6.07, 6.45) is -3.78. The summed E-state index contributed by atoms with van der Waals surface area (Å²) in [7, 11) is 0. The van der Waals surface area contributed by atoms with Crippen LogP contribution in [0.2, 0.25) is 0 Å². The molecule has 0 atom stereocenters. The molecule has 2 rings (SSSR count). The van der Waals surface area contributed by atoms with Gasteiger partial charge in [-0.1, -0.05) is 0 Å². The summed E-state index contributed by atoms with van der Waals surface area (Å²) in [5.74, 6) is 0.461. The van der Waals surface area contributed by atoms with Crippen LogP contribution < -0.4 is 15.2 Å². The molecule has 0 spiro atoms. The Hall–Kier alpha value is -1.43. The first-order valence-electron chi connectivity index (χ1n) is 5.22. The first kappa shape index (κ1) is 12.0. The number of fused-ring (bicyclic) bond motifs is 1. The third kappa shape index (κ3) is 2.46. The van der Waals surface area contributed by atoms with E-state index in [0.29, 0.717) is 25.4 Å². The average Bonchev–Trinajstić information content (AvgIpc) is 2.50. The number of benzene rings is 1. The van der Waals surface area contributed by atoms with Gasteiger partial charge in [0, 0.05) is 13.0 Å². The van der Waals surface area contributed by atoms with Gasteiger partial charge < -0.3 is 15.2 Å². The lowest BCUT2D eigenvalue weighted by Crippen LogP contribution is -2.12. The van der Waals surface area contributed by atoms with E-state index >= 15 is 0 Å². The van der Waals surface area contributed by atoms with Gasteiger partial charge in [-0.3, -0.25) is 0 Å². The van der Waals surface area contributed by atoms with Gasteiger partial charge >= 0.3 is 6.18 Å². The van der Waals surface area contributed by atoms with Crippen molar-refractivity contribution in [1.82, 2.24) is 0 Å². The van der Waals surface area contributed by atoms with E-state index in [1.807, 2.05) is 0 Å². The van der Waals surface area contributed by atoms with Crippen molar-refractivity contribution in [1.29, 1.82) is 0 Å². The van der Waals surface area contributed by atoms with Gasteiger partial charge in [0.05, 0.1) is 18.8 Å². The number of hydrogen-bond donors (Lipinski definition) is 1. The molecule has 2 N–H and O–H groups in total. The fourth-order valence-corrected chi connectivity index (χ4v) is 1.68. The highest BCUT2D eigenvalue weighted by atomic mass is 19.4. The molecule has 0 radical (unpaired) electrons. The molecule has 0 amide bonds. The SMILES string of the molecule is NCc1cc2c(cc1C(F)(F)F)OCCCO2. The van der Waals surface area contributed by atoms with E-state index in [1.54, 1.807) is 0 Å². The van der Waals surface area contributed by atoms with E-state index in [2.05, 4.69) is 0 Å². The zero-order valence-corrected chi connectivity index (χ0v) is 9.01. The molecule has 1 heterocycles. The van der Waals surface area contributed by atoms with Crippen molar-refractivity contribution in [3.8, 4) is 11.5 Å². The second-order valence-corrected chi connectivity index (χ2v) is 3.71. The first-order valence-corrected chi connectivity index (χ1v) is 5.22. The molecule has 0 unspecified atom stereocenters. The normalized spacial score (nSPS) is 15.5. The number of nitrogens with two attached hydrogens (primary N) is 1. The molecule has 0 saturated carbocycles. The Morgan fingerprint density at radius 2 is 1.71 bits per heavy atom. The number of ether oxygens (including phenoxy) is 2. The number of halogens is 3. The van der Waals surface area contributed by atoms with Crippen LogP contribution in [0.1, 0.15) is 17.5 Å². The summed E-state index contributed by atoms with van der Waals surface area (Å²) in [6, 6.07) is 2.27. The second kappa shape index (κ2) is 4.44. The molecule has 17 heavy (non-hydrogen) atoms. The molecule has 0 fully saturated rings. The molecule has 1 aromatic carbocycles. The lowest BCUT2D eigenvalue weighted by Gasteiger charge is -2.15. The molecular formula is C11H12F3NO2. The summed E-state index contributed by atoms with van der Waals surface area (Å²) in [6.45, 7) is 0.597. The highest BCUT2D eigenvalue weighted by molar-refractivity contribution is 5.48. The van der Waals surface area contributed by atoms with Crippen molar-refractivity contribution in [2.45, 2.75) is 19.1 Å². The van der Waals surface area contributed by atoms with Crippen LogP contribution in [0.5, 0.6) is 11.5 Å². The highest BCUT2D eigenvalue weighted by Gasteiger charge is 2.34. The summed E-state index contributed by atoms with van der Waals surface area (Å²) < 4.78 is 48.8. The Morgan fingerprint density at radius 3 is 2.24 bits per heavy atom.